The summed E-state index contributed by atoms with van der Waals surface area (Å²) < 4.78 is 26.5. The number of hydrogen-bond acceptors (Lipinski definition) is 2. The molecule has 1 aromatic carbocycles. The number of amides is 1. The largest absolute Gasteiger partial charge is 0.357 e. The van der Waals surface area contributed by atoms with E-state index in [0.717, 1.165) is 19.0 Å². The number of aliphatic imine (C=N–C) groups is 1. The molecule has 5 nitrogen and oxygen atoms in total. The third-order valence-corrected chi connectivity index (χ3v) is 4.27. The van der Waals surface area contributed by atoms with Crippen LogP contribution in [0.1, 0.15) is 32.8 Å². The molecule has 0 radical (unpaired) electrons. The van der Waals surface area contributed by atoms with E-state index in [1.807, 2.05) is 25.7 Å². The molecule has 1 unspecified atom stereocenters. The average molecular weight is 366 g/mol. The van der Waals surface area contributed by atoms with Crippen molar-refractivity contribution in [1.29, 1.82) is 0 Å². The van der Waals surface area contributed by atoms with Crippen LogP contribution in [0.5, 0.6) is 0 Å². The molecule has 0 bridgehead atoms. The minimum atomic E-state index is -0.574. The van der Waals surface area contributed by atoms with Gasteiger partial charge in [-0.1, -0.05) is 13.8 Å². The highest BCUT2D eigenvalue weighted by Crippen LogP contribution is 2.13. The first-order valence-electron chi connectivity index (χ1n) is 9.17. The van der Waals surface area contributed by atoms with Crippen LogP contribution < -0.4 is 10.6 Å². The van der Waals surface area contributed by atoms with Crippen molar-refractivity contribution >= 4 is 11.9 Å². The average Bonchev–Trinajstić information content (AvgIpc) is 3.01. The Hall–Kier alpha value is -2.18. The molecule has 1 amide bonds. The van der Waals surface area contributed by atoms with Gasteiger partial charge in [0.2, 0.25) is 5.91 Å². The number of benzene rings is 1. The van der Waals surface area contributed by atoms with E-state index in [4.69, 9.17) is 0 Å². The van der Waals surface area contributed by atoms with Crippen molar-refractivity contribution in [3.8, 4) is 0 Å². The van der Waals surface area contributed by atoms with Gasteiger partial charge in [0.1, 0.15) is 11.6 Å². The summed E-state index contributed by atoms with van der Waals surface area (Å²) in [6.45, 7) is 8.32. The van der Waals surface area contributed by atoms with Gasteiger partial charge >= 0.3 is 0 Å². The summed E-state index contributed by atoms with van der Waals surface area (Å²) in [7, 11) is 0. The number of hydrogen-bond donors (Lipinski definition) is 2. The maximum atomic E-state index is 13.2. The SMILES string of the molecule is CCNC(=NCCc1cc(F)cc(F)c1)NC1CCN(C(=O)C(C)C)C1. The minimum absolute atomic E-state index is 0.00215. The van der Waals surface area contributed by atoms with Crippen LogP contribution in [0.25, 0.3) is 0 Å². The third kappa shape index (κ3) is 5.97. The van der Waals surface area contributed by atoms with Crippen molar-refractivity contribution in [2.24, 2.45) is 10.9 Å². The van der Waals surface area contributed by atoms with Gasteiger partial charge in [-0.3, -0.25) is 9.79 Å². The van der Waals surface area contributed by atoms with Gasteiger partial charge in [-0.15, -0.1) is 0 Å². The number of nitrogens with one attached hydrogen (secondary N) is 2. The first kappa shape index (κ1) is 20.1. The van der Waals surface area contributed by atoms with Gasteiger partial charge < -0.3 is 15.5 Å². The standard InChI is InChI=1S/C19H28F2N4O/c1-4-22-19(23-7-5-14-9-15(20)11-16(21)10-14)24-17-6-8-25(12-17)18(26)13(2)3/h9-11,13,17H,4-8,12H2,1-3H3,(H2,22,23,24). The zero-order chi connectivity index (χ0) is 19.1. The molecule has 26 heavy (non-hydrogen) atoms. The van der Waals surface area contributed by atoms with E-state index >= 15 is 0 Å². The third-order valence-electron chi connectivity index (χ3n) is 4.27. The van der Waals surface area contributed by atoms with Gasteiger partial charge in [-0.2, -0.15) is 0 Å². The number of carbonyl (C=O) groups is 1. The van der Waals surface area contributed by atoms with Gasteiger partial charge in [0.25, 0.3) is 0 Å². The Bertz CT molecular complexity index is 628. The summed E-state index contributed by atoms with van der Waals surface area (Å²) in [5, 5.41) is 6.52. The lowest BCUT2D eigenvalue weighted by atomic mass is 10.1. The van der Waals surface area contributed by atoms with E-state index in [2.05, 4.69) is 15.6 Å². The second kappa shape index (κ2) is 9.50. The monoisotopic (exact) mass is 366 g/mol. The van der Waals surface area contributed by atoms with Crippen LogP contribution >= 0.6 is 0 Å². The Morgan fingerprint density at radius 3 is 2.62 bits per heavy atom. The van der Waals surface area contributed by atoms with Gasteiger partial charge in [-0.25, -0.2) is 8.78 Å². The molecule has 1 heterocycles. The predicted molar refractivity (Wildman–Crippen MR) is 99.0 cm³/mol. The molecule has 1 fully saturated rings. The van der Waals surface area contributed by atoms with Crippen molar-refractivity contribution in [1.82, 2.24) is 15.5 Å². The number of nitrogens with zero attached hydrogens (tertiary/aromatic N) is 2. The summed E-state index contributed by atoms with van der Waals surface area (Å²) in [4.78, 5) is 18.4. The Morgan fingerprint density at radius 2 is 2.00 bits per heavy atom. The Labute approximate surface area is 153 Å². The highest BCUT2D eigenvalue weighted by atomic mass is 19.1. The molecule has 1 saturated heterocycles. The van der Waals surface area contributed by atoms with E-state index in [0.29, 0.717) is 37.6 Å². The number of guanidine groups is 1. The molecule has 7 heteroatoms. The Balaban J connectivity index is 1.89. The molecule has 2 N–H and O–H groups in total. The lowest BCUT2D eigenvalue weighted by molar-refractivity contribution is -0.133. The second-order valence-corrected chi connectivity index (χ2v) is 6.86. The fourth-order valence-electron chi connectivity index (χ4n) is 3.01. The fraction of sp³-hybridized carbons (Fsp3) is 0.579. The molecule has 0 spiro atoms. The lowest BCUT2D eigenvalue weighted by Crippen LogP contribution is -2.45. The van der Waals surface area contributed by atoms with E-state index < -0.39 is 11.6 Å². The maximum Gasteiger partial charge on any atom is 0.225 e. The van der Waals surface area contributed by atoms with Gasteiger partial charge in [-0.05, 0) is 37.5 Å². The first-order chi connectivity index (χ1) is 12.4. The molecule has 144 valence electrons. The predicted octanol–water partition coefficient (Wildman–Crippen LogP) is 2.32. The number of likely N-dealkylation sites (tertiary alicyclic amines) is 1. The van der Waals surface area contributed by atoms with Gasteiger partial charge in [0, 0.05) is 44.2 Å². The van der Waals surface area contributed by atoms with Crippen LogP contribution in [0, 0.1) is 17.6 Å². The van der Waals surface area contributed by atoms with Crippen LogP contribution in [0.3, 0.4) is 0 Å². The van der Waals surface area contributed by atoms with Gasteiger partial charge in [0.15, 0.2) is 5.96 Å². The topological polar surface area (TPSA) is 56.7 Å². The second-order valence-electron chi connectivity index (χ2n) is 6.86. The summed E-state index contributed by atoms with van der Waals surface area (Å²) >= 11 is 0. The molecular weight excluding hydrogens is 338 g/mol. The molecule has 1 atom stereocenters. The molecule has 1 aromatic rings. The number of carbonyl (C=O) groups excluding carboxylic acids is 1. The highest BCUT2D eigenvalue weighted by molar-refractivity contribution is 5.81. The Morgan fingerprint density at radius 1 is 1.31 bits per heavy atom. The van der Waals surface area contributed by atoms with Crippen molar-refractivity contribution in [3.05, 3.63) is 35.4 Å². The van der Waals surface area contributed by atoms with E-state index in [-0.39, 0.29) is 17.9 Å². The maximum absolute atomic E-state index is 13.2. The molecule has 1 aliphatic heterocycles. The van der Waals surface area contributed by atoms with Crippen molar-refractivity contribution in [2.45, 2.75) is 39.7 Å². The fourth-order valence-corrected chi connectivity index (χ4v) is 3.01. The smallest absolute Gasteiger partial charge is 0.225 e. The quantitative estimate of drug-likeness (QED) is 0.600. The van der Waals surface area contributed by atoms with E-state index in [1.165, 1.54) is 12.1 Å². The minimum Gasteiger partial charge on any atom is -0.357 e. The first-order valence-corrected chi connectivity index (χ1v) is 9.17. The van der Waals surface area contributed by atoms with E-state index in [9.17, 15) is 13.6 Å². The number of halogens is 2. The van der Waals surface area contributed by atoms with Crippen LogP contribution in [-0.4, -0.2) is 49.0 Å². The van der Waals surface area contributed by atoms with Crippen LogP contribution in [0.2, 0.25) is 0 Å². The highest BCUT2D eigenvalue weighted by Gasteiger charge is 2.27. The molecule has 2 rings (SSSR count). The van der Waals surface area contributed by atoms with Crippen molar-refractivity contribution in [3.63, 3.8) is 0 Å². The van der Waals surface area contributed by atoms with E-state index in [1.54, 1.807) is 0 Å². The van der Waals surface area contributed by atoms with Crippen LogP contribution in [0.4, 0.5) is 8.78 Å². The molecule has 0 saturated carbocycles. The number of rotatable bonds is 6. The zero-order valence-electron chi connectivity index (χ0n) is 15.7. The Kier molecular flexibility index (Phi) is 7.36. The summed E-state index contributed by atoms with van der Waals surface area (Å²) in [5.74, 6) is -0.315. The molecule has 0 aliphatic carbocycles. The summed E-state index contributed by atoms with van der Waals surface area (Å²) in [6, 6.07) is 3.67. The van der Waals surface area contributed by atoms with Crippen LogP contribution in [0.15, 0.2) is 23.2 Å². The summed E-state index contributed by atoms with van der Waals surface area (Å²) in [5.41, 5.74) is 0.580. The van der Waals surface area contributed by atoms with Gasteiger partial charge in [0.05, 0.1) is 0 Å². The zero-order valence-corrected chi connectivity index (χ0v) is 15.7. The molecule has 1 aliphatic rings. The van der Waals surface area contributed by atoms with Crippen LogP contribution in [-0.2, 0) is 11.2 Å². The van der Waals surface area contributed by atoms with Crippen molar-refractivity contribution in [2.75, 3.05) is 26.2 Å². The van der Waals surface area contributed by atoms with Crippen molar-refractivity contribution < 1.29 is 13.6 Å². The lowest BCUT2D eigenvalue weighted by Gasteiger charge is -2.20. The summed E-state index contributed by atoms with van der Waals surface area (Å²) in [6.07, 6.45) is 1.33. The molecular formula is C19H28F2N4O. The molecule has 0 aromatic heterocycles. The normalized spacial score (nSPS) is 17.7.